The van der Waals surface area contributed by atoms with Crippen LogP contribution in [0.15, 0.2) is 0 Å². The molecule has 3 atom stereocenters. The van der Waals surface area contributed by atoms with Crippen LogP contribution in [0.2, 0.25) is 0 Å². The van der Waals surface area contributed by atoms with Crippen molar-refractivity contribution in [1.29, 1.82) is 0 Å². The summed E-state index contributed by atoms with van der Waals surface area (Å²) in [7, 11) is 4.85. The second-order valence-corrected chi connectivity index (χ2v) is 5.22. The molecule has 0 saturated carbocycles. The number of amides is 1. The first-order valence-electron chi connectivity index (χ1n) is 6.43. The van der Waals surface area contributed by atoms with Gasteiger partial charge in [-0.15, -0.1) is 21.0 Å². The first kappa shape index (κ1) is 23.1. The van der Waals surface area contributed by atoms with E-state index in [0.717, 1.165) is 11.8 Å². The third kappa shape index (κ3) is 10.6. The largest absolute Gasteiger partial charge is 0.469 e. The molecule has 0 rings (SSSR count). The molecule has 0 spiro atoms. The fourth-order valence-corrected chi connectivity index (χ4v) is 2.52. The van der Waals surface area contributed by atoms with E-state index in [1.807, 2.05) is 6.66 Å². The minimum absolute atomic E-state index is 0.154. The normalized spacial score (nSPS) is 12.1. The monoisotopic (exact) mass is 353 g/mol. The van der Waals surface area contributed by atoms with Gasteiger partial charge >= 0.3 is 11.9 Å². The molecule has 7 nitrogen and oxygen atoms in total. The van der Waals surface area contributed by atoms with Crippen molar-refractivity contribution in [3.05, 3.63) is 0 Å². The number of hydrogen-bond donors (Lipinski definition) is 1. The number of hydrogen-bond acceptors (Lipinski definition) is 7. The summed E-state index contributed by atoms with van der Waals surface area (Å²) in [4.78, 5) is 45.1. The molecule has 0 aromatic carbocycles. The number of ketones is 1. The van der Waals surface area contributed by atoms with Crippen LogP contribution < -0.4 is 5.32 Å². The molecule has 0 bridgehead atoms. The van der Waals surface area contributed by atoms with Crippen LogP contribution in [0.1, 0.15) is 20.3 Å². The van der Waals surface area contributed by atoms with Gasteiger partial charge in [0.05, 0.1) is 26.7 Å². The average molecular weight is 353 g/mol. The number of carbonyl (C=O) groups is 4. The van der Waals surface area contributed by atoms with E-state index in [-0.39, 0.29) is 23.9 Å². The Morgan fingerprint density at radius 2 is 1.64 bits per heavy atom. The lowest BCUT2D eigenvalue weighted by Gasteiger charge is -2.18. The quantitative estimate of drug-likeness (QED) is 0.498. The van der Waals surface area contributed by atoms with Crippen LogP contribution in [-0.2, 0) is 28.7 Å². The van der Waals surface area contributed by atoms with Gasteiger partial charge in [-0.05, 0) is 6.92 Å². The molecule has 0 radical (unpaired) electrons. The average Bonchev–Trinajstić information content (AvgIpc) is 2.50. The van der Waals surface area contributed by atoms with Crippen molar-refractivity contribution in [2.24, 2.45) is 0 Å². The lowest BCUT2D eigenvalue weighted by molar-refractivity contribution is -0.146. The molecular formula is C13H24NO6PS. The van der Waals surface area contributed by atoms with Gasteiger partial charge in [-0.2, -0.15) is 0 Å². The first-order valence-corrected chi connectivity index (χ1v) is 8.63. The highest BCUT2D eigenvalue weighted by atomic mass is 32.2. The van der Waals surface area contributed by atoms with E-state index in [1.54, 1.807) is 0 Å². The number of ether oxygens (including phenoxy) is 2. The van der Waals surface area contributed by atoms with Crippen LogP contribution in [0.4, 0.5) is 0 Å². The van der Waals surface area contributed by atoms with Crippen molar-refractivity contribution in [3.63, 3.8) is 0 Å². The Morgan fingerprint density at radius 3 is 2.00 bits per heavy atom. The van der Waals surface area contributed by atoms with Gasteiger partial charge < -0.3 is 14.8 Å². The summed E-state index contributed by atoms with van der Waals surface area (Å²) in [5, 5.41) is 1.71. The predicted octanol–water partition coefficient (Wildman–Crippen LogP) is 0.409. The summed E-state index contributed by atoms with van der Waals surface area (Å²) >= 11 is 1.07. The van der Waals surface area contributed by atoms with Crippen LogP contribution >= 0.6 is 21.0 Å². The summed E-state index contributed by atoms with van der Waals surface area (Å²) in [6.07, 6.45) is -0.154. The molecule has 9 heteroatoms. The van der Waals surface area contributed by atoms with Crippen molar-refractivity contribution >= 4 is 44.6 Å². The zero-order chi connectivity index (χ0) is 17.7. The lowest BCUT2D eigenvalue weighted by atomic mass is 10.2. The highest BCUT2D eigenvalue weighted by Crippen LogP contribution is 2.18. The maximum Gasteiger partial charge on any atom is 0.319 e. The molecule has 1 N–H and O–H groups in total. The second kappa shape index (κ2) is 13.5. The number of methoxy groups -OCH3 is 2. The van der Waals surface area contributed by atoms with Crippen LogP contribution in [0, 0.1) is 0 Å². The Kier molecular flexibility index (Phi) is 14.2. The third-order valence-corrected chi connectivity index (χ3v) is 3.66. The van der Waals surface area contributed by atoms with Gasteiger partial charge in [0.25, 0.3) is 0 Å². The van der Waals surface area contributed by atoms with Crippen molar-refractivity contribution in [2.45, 2.75) is 31.6 Å². The number of rotatable bonds is 8. The molecule has 0 aliphatic heterocycles. The molecule has 0 aliphatic rings. The molecule has 0 aromatic rings. The molecule has 3 unspecified atom stereocenters. The fraction of sp³-hybridized carbons (Fsp3) is 0.692. The van der Waals surface area contributed by atoms with Crippen LogP contribution in [0.25, 0.3) is 0 Å². The summed E-state index contributed by atoms with van der Waals surface area (Å²) in [5.74, 6) is -1.52. The Bertz CT molecular complexity index is 391. The van der Waals surface area contributed by atoms with Gasteiger partial charge in [0.15, 0.2) is 5.78 Å². The van der Waals surface area contributed by atoms with Crippen LogP contribution in [-0.4, -0.2) is 61.6 Å². The number of esters is 2. The molecule has 0 aromatic heterocycles. The van der Waals surface area contributed by atoms with Gasteiger partial charge in [-0.3, -0.25) is 19.2 Å². The molecule has 22 heavy (non-hydrogen) atoms. The number of nitrogens with one attached hydrogen (secondary N) is 1. The van der Waals surface area contributed by atoms with E-state index in [0.29, 0.717) is 0 Å². The fourth-order valence-electron chi connectivity index (χ4n) is 1.29. The van der Waals surface area contributed by atoms with Gasteiger partial charge in [0.2, 0.25) is 5.91 Å². The van der Waals surface area contributed by atoms with Crippen molar-refractivity contribution in [3.8, 4) is 0 Å². The SMILES string of the molecule is COC(=O)CC(SCC(NC(C)=O)C(C)=O)C(=O)OC.CP. The summed E-state index contributed by atoms with van der Waals surface area (Å²) in [6.45, 7) is 4.56. The highest BCUT2D eigenvalue weighted by molar-refractivity contribution is 8.00. The number of Topliss-reactive ketones (excluding diaryl/α,β-unsaturated/α-hetero) is 1. The van der Waals surface area contributed by atoms with E-state index in [9.17, 15) is 19.2 Å². The molecule has 0 saturated heterocycles. The minimum atomic E-state index is -0.775. The van der Waals surface area contributed by atoms with E-state index < -0.39 is 23.2 Å². The van der Waals surface area contributed by atoms with Gasteiger partial charge in [0.1, 0.15) is 5.25 Å². The second-order valence-electron chi connectivity index (χ2n) is 3.99. The zero-order valence-corrected chi connectivity index (χ0v) is 15.5. The van der Waals surface area contributed by atoms with E-state index >= 15 is 0 Å². The van der Waals surface area contributed by atoms with Gasteiger partial charge in [-0.25, -0.2) is 0 Å². The Hall–Kier alpha value is -1.14. The Morgan fingerprint density at radius 1 is 1.09 bits per heavy atom. The van der Waals surface area contributed by atoms with Gasteiger partial charge in [0, 0.05) is 12.7 Å². The van der Waals surface area contributed by atoms with Crippen LogP contribution in [0.3, 0.4) is 0 Å². The van der Waals surface area contributed by atoms with E-state index in [1.165, 1.54) is 28.1 Å². The molecular weight excluding hydrogens is 329 g/mol. The van der Waals surface area contributed by atoms with Gasteiger partial charge in [-0.1, -0.05) is 6.66 Å². The summed E-state index contributed by atoms with van der Waals surface area (Å²) < 4.78 is 9.09. The van der Waals surface area contributed by atoms with Crippen molar-refractivity contribution in [2.75, 3.05) is 26.6 Å². The number of thioether (sulfide) groups is 1. The summed E-state index contributed by atoms with van der Waals surface area (Å²) in [6, 6.07) is -0.706. The smallest absolute Gasteiger partial charge is 0.319 e. The maximum absolute atomic E-state index is 11.5. The lowest BCUT2D eigenvalue weighted by Crippen LogP contribution is -2.41. The molecule has 0 aliphatic carbocycles. The third-order valence-electron chi connectivity index (χ3n) is 2.38. The topological polar surface area (TPSA) is 98.8 Å². The predicted molar refractivity (Wildman–Crippen MR) is 88.8 cm³/mol. The number of carbonyl (C=O) groups excluding carboxylic acids is 4. The van der Waals surface area contributed by atoms with E-state index in [2.05, 4.69) is 24.0 Å². The molecule has 0 fully saturated rings. The molecule has 0 heterocycles. The Labute approximate surface area is 137 Å². The van der Waals surface area contributed by atoms with Crippen LogP contribution in [0.5, 0.6) is 0 Å². The van der Waals surface area contributed by atoms with E-state index in [4.69, 9.17) is 0 Å². The summed E-state index contributed by atoms with van der Waals surface area (Å²) in [5.41, 5.74) is 0. The maximum atomic E-state index is 11.5. The highest BCUT2D eigenvalue weighted by Gasteiger charge is 2.26. The first-order chi connectivity index (χ1) is 10.3. The van der Waals surface area contributed by atoms with Crippen molar-refractivity contribution < 1.29 is 28.7 Å². The van der Waals surface area contributed by atoms with Crippen molar-refractivity contribution in [1.82, 2.24) is 5.32 Å². The molecule has 128 valence electrons. The standard InChI is InChI=1S/C12H19NO6S.CH5P/c1-7(14)9(13-8(2)15)6-20-10(12(17)19-4)5-11(16)18-3;1-2/h9-10H,5-6H2,1-4H3,(H,13,15);2H2,1H3. The zero-order valence-electron chi connectivity index (χ0n) is 13.5. The Balaban J connectivity index is 0. The minimum Gasteiger partial charge on any atom is -0.469 e. The molecule has 1 amide bonds.